The van der Waals surface area contributed by atoms with Crippen molar-refractivity contribution in [3.8, 4) is 11.5 Å². The van der Waals surface area contributed by atoms with Gasteiger partial charge in [0.2, 0.25) is 5.82 Å². The maximum Gasteiger partial charge on any atom is 0.260 e. The zero-order chi connectivity index (χ0) is 14.8. The Balaban J connectivity index is 2.40. The topological polar surface area (TPSA) is 74.2 Å². The number of nitrogen functional groups attached to an aromatic ring is 1. The monoisotopic (exact) mass is 339 g/mol. The van der Waals surface area contributed by atoms with Crippen LogP contribution in [0, 0.1) is 0 Å². The van der Waals surface area contributed by atoms with Crippen LogP contribution in [0.25, 0.3) is 11.5 Å². The summed E-state index contributed by atoms with van der Waals surface area (Å²) in [6.45, 7) is 6.52. The van der Waals surface area contributed by atoms with E-state index in [-0.39, 0.29) is 0 Å². The molecule has 0 aliphatic heterocycles. The van der Waals surface area contributed by atoms with E-state index in [1.807, 2.05) is 39.0 Å². The summed E-state index contributed by atoms with van der Waals surface area (Å²) in [5, 5.41) is 4.04. The quantitative estimate of drug-likeness (QED) is 0.839. The zero-order valence-corrected chi connectivity index (χ0v) is 13.4. The number of ether oxygens (including phenoxy) is 1. The van der Waals surface area contributed by atoms with Gasteiger partial charge in [0.15, 0.2) is 0 Å². The van der Waals surface area contributed by atoms with Crippen LogP contribution in [0.5, 0.6) is 0 Å². The molecule has 2 N–H and O–H groups in total. The second kappa shape index (κ2) is 5.93. The van der Waals surface area contributed by atoms with Crippen molar-refractivity contribution in [3.05, 3.63) is 28.5 Å². The Bertz CT molecular complexity index is 600. The maximum absolute atomic E-state index is 6.02. The molecule has 20 heavy (non-hydrogen) atoms. The van der Waals surface area contributed by atoms with Crippen molar-refractivity contribution in [3.63, 3.8) is 0 Å². The van der Waals surface area contributed by atoms with Crippen LogP contribution in [0.1, 0.15) is 33.0 Å². The summed E-state index contributed by atoms with van der Waals surface area (Å²) in [4.78, 5) is 4.44. The van der Waals surface area contributed by atoms with E-state index < -0.39 is 5.60 Å². The molecule has 0 radical (unpaired) electrons. The summed E-state index contributed by atoms with van der Waals surface area (Å²) in [5.41, 5.74) is 6.77. The van der Waals surface area contributed by atoms with Gasteiger partial charge in [-0.1, -0.05) is 18.1 Å². The Morgan fingerprint density at radius 2 is 2.15 bits per heavy atom. The second-order valence-corrected chi connectivity index (χ2v) is 5.50. The summed E-state index contributed by atoms with van der Waals surface area (Å²) in [6, 6.07) is 5.59. The molecule has 1 atom stereocenters. The third-order valence-corrected chi connectivity index (χ3v) is 4.01. The molecular weight excluding hydrogens is 322 g/mol. The van der Waals surface area contributed by atoms with Gasteiger partial charge in [-0.3, -0.25) is 0 Å². The normalized spacial score (nSPS) is 14.2. The molecule has 2 aromatic rings. The molecule has 0 spiro atoms. The average Bonchev–Trinajstić information content (AvgIpc) is 2.92. The Kier molecular flexibility index (Phi) is 4.45. The Labute approximate surface area is 126 Å². The van der Waals surface area contributed by atoms with E-state index in [1.54, 1.807) is 0 Å². The van der Waals surface area contributed by atoms with Crippen LogP contribution < -0.4 is 5.73 Å². The Morgan fingerprint density at radius 1 is 1.40 bits per heavy atom. The molecule has 0 amide bonds. The molecule has 0 fully saturated rings. The number of hydrogen-bond acceptors (Lipinski definition) is 5. The number of rotatable bonds is 5. The van der Waals surface area contributed by atoms with Crippen molar-refractivity contribution in [2.75, 3.05) is 12.3 Å². The largest absolute Gasteiger partial charge is 0.397 e. The highest BCUT2D eigenvalue weighted by Crippen LogP contribution is 2.33. The summed E-state index contributed by atoms with van der Waals surface area (Å²) in [7, 11) is 0. The molecule has 2 rings (SSSR count). The molecular formula is C14H18BrN3O2. The van der Waals surface area contributed by atoms with E-state index in [2.05, 4.69) is 26.1 Å². The van der Waals surface area contributed by atoms with E-state index in [1.165, 1.54) is 0 Å². The van der Waals surface area contributed by atoms with Gasteiger partial charge in [0.25, 0.3) is 5.89 Å². The van der Waals surface area contributed by atoms with E-state index >= 15 is 0 Å². The van der Waals surface area contributed by atoms with Gasteiger partial charge in [-0.05, 0) is 48.3 Å². The predicted octanol–water partition coefficient (Wildman–Crippen LogP) is 3.74. The fourth-order valence-electron chi connectivity index (χ4n) is 1.91. The number of anilines is 1. The summed E-state index contributed by atoms with van der Waals surface area (Å²) >= 11 is 3.39. The number of aromatic nitrogens is 2. The number of benzene rings is 1. The predicted molar refractivity (Wildman–Crippen MR) is 81.1 cm³/mol. The van der Waals surface area contributed by atoms with Gasteiger partial charge < -0.3 is 15.0 Å². The van der Waals surface area contributed by atoms with Crippen LogP contribution in [0.15, 0.2) is 27.2 Å². The highest BCUT2D eigenvalue weighted by atomic mass is 79.9. The van der Waals surface area contributed by atoms with E-state index in [0.717, 1.165) is 10.9 Å². The molecule has 1 aromatic carbocycles. The van der Waals surface area contributed by atoms with Crippen molar-refractivity contribution in [1.29, 1.82) is 0 Å². The van der Waals surface area contributed by atoms with Crippen molar-refractivity contribution in [2.24, 2.45) is 0 Å². The molecule has 108 valence electrons. The number of hydrogen-bond donors (Lipinski definition) is 1. The molecule has 6 heteroatoms. The van der Waals surface area contributed by atoms with Gasteiger partial charge in [0, 0.05) is 11.1 Å². The minimum Gasteiger partial charge on any atom is -0.397 e. The number of para-hydroxylation sites is 1. The van der Waals surface area contributed by atoms with Gasteiger partial charge >= 0.3 is 0 Å². The van der Waals surface area contributed by atoms with Crippen molar-refractivity contribution >= 4 is 21.6 Å². The highest BCUT2D eigenvalue weighted by molar-refractivity contribution is 9.10. The molecule has 0 bridgehead atoms. The molecule has 0 saturated heterocycles. The lowest BCUT2D eigenvalue weighted by molar-refractivity contribution is -0.0403. The fourth-order valence-corrected chi connectivity index (χ4v) is 2.28. The first kappa shape index (κ1) is 15.0. The molecule has 1 unspecified atom stereocenters. The molecule has 0 saturated carbocycles. The smallest absolute Gasteiger partial charge is 0.260 e. The van der Waals surface area contributed by atoms with Crippen LogP contribution in [-0.4, -0.2) is 16.7 Å². The zero-order valence-electron chi connectivity index (χ0n) is 11.8. The van der Waals surface area contributed by atoms with Crippen LogP contribution in [0.3, 0.4) is 0 Å². The number of nitrogens with two attached hydrogens (primary N) is 1. The van der Waals surface area contributed by atoms with Crippen LogP contribution in [0.4, 0.5) is 5.69 Å². The standard InChI is InChI=1S/C14H18BrN3O2/c1-4-14(3,19-5-2)13-17-12(20-18-13)9-7-6-8-10(15)11(9)16/h6-8H,4-5,16H2,1-3H3. The van der Waals surface area contributed by atoms with Crippen molar-refractivity contribution < 1.29 is 9.26 Å². The van der Waals surface area contributed by atoms with Gasteiger partial charge in [-0.2, -0.15) is 4.98 Å². The van der Waals surface area contributed by atoms with Crippen LogP contribution in [-0.2, 0) is 10.3 Å². The first-order valence-electron chi connectivity index (χ1n) is 6.54. The summed E-state index contributed by atoms with van der Waals surface area (Å²) in [6.07, 6.45) is 0.758. The number of halogens is 1. The van der Waals surface area contributed by atoms with Crippen molar-refractivity contribution in [1.82, 2.24) is 10.1 Å². The number of nitrogens with zero attached hydrogens (tertiary/aromatic N) is 2. The van der Waals surface area contributed by atoms with Crippen LogP contribution in [0.2, 0.25) is 0 Å². The minimum atomic E-state index is -0.544. The third-order valence-electron chi connectivity index (χ3n) is 3.32. The van der Waals surface area contributed by atoms with Gasteiger partial charge in [-0.15, -0.1) is 0 Å². The first-order chi connectivity index (χ1) is 9.51. The fraction of sp³-hybridized carbons (Fsp3) is 0.429. The van der Waals surface area contributed by atoms with E-state index in [0.29, 0.717) is 29.6 Å². The summed E-state index contributed by atoms with van der Waals surface area (Å²) in [5.74, 6) is 0.939. The molecule has 1 heterocycles. The van der Waals surface area contributed by atoms with Gasteiger partial charge in [-0.25, -0.2) is 0 Å². The lowest BCUT2D eigenvalue weighted by Crippen LogP contribution is -2.26. The minimum absolute atomic E-state index is 0.401. The van der Waals surface area contributed by atoms with Gasteiger partial charge in [0.1, 0.15) is 5.60 Å². The SMILES string of the molecule is CCOC(C)(CC)c1noc(-c2cccc(Br)c2N)n1. The second-order valence-electron chi connectivity index (χ2n) is 4.64. The Hall–Kier alpha value is -1.40. The Morgan fingerprint density at radius 3 is 2.80 bits per heavy atom. The lowest BCUT2D eigenvalue weighted by Gasteiger charge is -2.23. The molecule has 5 nitrogen and oxygen atoms in total. The van der Waals surface area contributed by atoms with Gasteiger partial charge in [0.05, 0.1) is 11.3 Å². The third kappa shape index (κ3) is 2.71. The van der Waals surface area contributed by atoms with Crippen LogP contribution >= 0.6 is 15.9 Å². The van der Waals surface area contributed by atoms with Crippen molar-refractivity contribution in [2.45, 2.75) is 32.8 Å². The summed E-state index contributed by atoms with van der Waals surface area (Å²) < 4.78 is 11.9. The maximum atomic E-state index is 6.02. The molecule has 1 aromatic heterocycles. The average molecular weight is 340 g/mol. The lowest BCUT2D eigenvalue weighted by atomic mass is 10.0. The highest BCUT2D eigenvalue weighted by Gasteiger charge is 2.31. The molecule has 0 aliphatic carbocycles. The van der Waals surface area contributed by atoms with E-state index in [4.69, 9.17) is 15.0 Å². The first-order valence-corrected chi connectivity index (χ1v) is 7.33. The van der Waals surface area contributed by atoms with E-state index in [9.17, 15) is 0 Å². The molecule has 0 aliphatic rings.